The zero-order valence-corrected chi connectivity index (χ0v) is 15.5. The number of nitrogens with zero attached hydrogens (tertiary/aromatic N) is 2. The Morgan fingerprint density at radius 3 is 2.85 bits per heavy atom. The zero-order valence-electron chi connectivity index (χ0n) is 15.5. The maximum absolute atomic E-state index is 12.2. The third-order valence-corrected chi connectivity index (χ3v) is 8.38. The summed E-state index contributed by atoms with van der Waals surface area (Å²) in [6, 6.07) is 4.01. The standard InChI is InChI=1S/C22H26N2O3/c1-23-15-6-5-14-11-17-22(26)8-7-16(25)20-21(22,18(14)19(15)27-20)9-10-24(17)12-13-3-2-4-13/h5-6,13,16-17,20,25-26H,2-4,7-12H2/t16-,17+,20?,21-,22+/m0/s1. The molecule has 3 aliphatic carbocycles. The molecule has 5 aliphatic rings. The third-order valence-electron chi connectivity index (χ3n) is 8.38. The van der Waals surface area contributed by atoms with E-state index in [1.165, 1.54) is 24.8 Å². The summed E-state index contributed by atoms with van der Waals surface area (Å²) in [6.07, 6.45) is 5.74. The van der Waals surface area contributed by atoms with Crippen LogP contribution in [0.4, 0.5) is 5.69 Å². The second-order valence-electron chi connectivity index (χ2n) is 9.36. The van der Waals surface area contributed by atoms with E-state index >= 15 is 0 Å². The van der Waals surface area contributed by atoms with Crippen LogP contribution in [0.2, 0.25) is 0 Å². The molecule has 1 aromatic rings. The van der Waals surface area contributed by atoms with Crippen molar-refractivity contribution in [1.29, 1.82) is 0 Å². The van der Waals surface area contributed by atoms with Crippen molar-refractivity contribution in [1.82, 2.24) is 4.90 Å². The molecule has 1 aromatic carbocycles. The number of piperidine rings is 1. The Hall–Kier alpha value is -1.61. The van der Waals surface area contributed by atoms with Gasteiger partial charge in [-0.15, -0.1) is 0 Å². The lowest BCUT2D eigenvalue weighted by Gasteiger charge is -2.64. The van der Waals surface area contributed by atoms with Crippen LogP contribution in [0.25, 0.3) is 4.85 Å². The molecule has 1 spiro atoms. The van der Waals surface area contributed by atoms with Crippen LogP contribution in [0.1, 0.15) is 49.7 Å². The van der Waals surface area contributed by atoms with Crippen LogP contribution in [0.3, 0.4) is 0 Å². The fourth-order valence-corrected chi connectivity index (χ4v) is 6.92. The number of likely N-dealkylation sites (tertiary alicyclic amines) is 1. The molecule has 2 heterocycles. The molecule has 5 nitrogen and oxygen atoms in total. The largest absolute Gasteiger partial charge is 0.497 e. The van der Waals surface area contributed by atoms with Crippen LogP contribution in [0, 0.1) is 12.5 Å². The van der Waals surface area contributed by atoms with Gasteiger partial charge < -0.3 is 14.9 Å². The highest BCUT2D eigenvalue weighted by atomic mass is 16.5. The van der Waals surface area contributed by atoms with Gasteiger partial charge in [0.15, 0.2) is 0 Å². The minimum atomic E-state index is -0.877. The molecular weight excluding hydrogens is 340 g/mol. The van der Waals surface area contributed by atoms with Gasteiger partial charge in [0.25, 0.3) is 0 Å². The van der Waals surface area contributed by atoms with Gasteiger partial charge in [-0.3, -0.25) is 4.90 Å². The maximum atomic E-state index is 12.2. The number of hydrogen-bond donors (Lipinski definition) is 2. The van der Waals surface area contributed by atoms with Gasteiger partial charge in [-0.05, 0) is 62.1 Å². The monoisotopic (exact) mass is 366 g/mol. The van der Waals surface area contributed by atoms with Gasteiger partial charge in [0.1, 0.15) is 11.9 Å². The van der Waals surface area contributed by atoms with E-state index in [0.717, 1.165) is 37.4 Å². The molecule has 0 radical (unpaired) electrons. The first kappa shape index (κ1) is 16.4. The Morgan fingerprint density at radius 2 is 2.11 bits per heavy atom. The molecule has 0 amide bonds. The van der Waals surface area contributed by atoms with Gasteiger partial charge in [0.2, 0.25) is 5.69 Å². The Balaban J connectivity index is 1.53. The van der Waals surface area contributed by atoms with E-state index in [-0.39, 0.29) is 6.04 Å². The molecule has 0 aromatic heterocycles. The topological polar surface area (TPSA) is 57.3 Å². The summed E-state index contributed by atoms with van der Waals surface area (Å²) in [7, 11) is 0. The summed E-state index contributed by atoms with van der Waals surface area (Å²) >= 11 is 0. The van der Waals surface area contributed by atoms with Gasteiger partial charge >= 0.3 is 0 Å². The zero-order chi connectivity index (χ0) is 18.4. The number of ether oxygens (including phenoxy) is 1. The summed E-state index contributed by atoms with van der Waals surface area (Å²) < 4.78 is 6.28. The highest BCUT2D eigenvalue weighted by Crippen LogP contribution is 2.65. The highest BCUT2D eigenvalue weighted by molar-refractivity contribution is 5.70. The Kier molecular flexibility index (Phi) is 3.18. The van der Waals surface area contributed by atoms with Crippen molar-refractivity contribution in [2.45, 2.75) is 74.2 Å². The van der Waals surface area contributed by atoms with Gasteiger partial charge in [-0.1, -0.05) is 18.6 Å². The average molecular weight is 366 g/mol. The van der Waals surface area contributed by atoms with Crippen LogP contribution < -0.4 is 4.74 Å². The summed E-state index contributed by atoms with van der Waals surface area (Å²) in [5, 5.41) is 23.0. The van der Waals surface area contributed by atoms with Crippen molar-refractivity contribution < 1.29 is 14.9 Å². The summed E-state index contributed by atoms with van der Waals surface area (Å²) in [4.78, 5) is 6.20. The van der Waals surface area contributed by atoms with E-state index in [4.69, 9.17) is 11.3 Å². The normalized spacial score (nSPS) is 42.0. The molecule has 6 rings (SSSR count). The quantitative estimate of drug-likeness (QED) is 0.790. The van der Waals surface area contributed by atoms with Gasteiger partial charge in [-0.2, -0.15) is 0 Å². The van der Waals surface area contributed by atoms with E-state index in [1.807, 2.05) is 6.07 Å². The molecule has 27 heavy (non-hydrogen) atoms. The average Bonchev–Trinajstić information content (AvgIpc) is 2.98. The minimum Gasteiger partial charge on any atom is -0.497 e. The molecule has 2 bridgehead atoms. The Bertz CT molecular complexity index is 860. The lowest BCUT2D eigenvalue weighted by Crippen LogP contribution is -2.77. The van der Waals surface area contributed by atoms with E-state index in [9.17, 15) is 10.2 Å². The number of aliphatic hydroxyl groups excluding tert-OH is 1. The Labute approximate surface area is 159 Å². The van der Waals surface area contributed by atoms with Crippen molar-refractivity contribution in [2.24, 2.45) is 5.92 Å². The predicted octanol–water partition coefficient (Wildman–Crippen LogP) is 2.55. The third kappa shape index (κ3) is 1.80. The molecule has 3 fully saturated rings. The second-order valence-corrected chi connectivity index (χ2v) is 9.36. The fourth-order valence-electron chi connectivity index (χ4n) is 6.92. The van der Waals surface area contributed by atoms with Crippen molar-refractivity contribution in [3.05, 3.63) is 34.7 Å². The van der Waals surface area contributed by atoms with Crippen LogP contribution in [-0.4, -0.2) is 52.1 Å². The van der Waals surface area contributed by atoms with Gasteiger partial charge in [0, 0.05) is 12.6 Å². The van der Waals surface area contributed by atoms with E-state index in [1.54, 1.807) is 0 Å². The first-order valence-corrected chi connectivity index (χ1v) is 10.4. The summed E-state index contributed by atoms with van der Waals surface area (Å²) in [5.74, 6) is 1.41. The molecule has 1 saturated heterocycles. The van der Waals surface area contributed by atoms with Crippen LogP contribution >= 0.6 is 0 Å². The van der Waals surface area contributed by atoms with Crippen molar-refractivity contribution in [3.63, 3.8) is 0 Å². The first-order valence-electron chi connectivity index (χ1n) is 10.4. The van der Waals surface area contributed by atoms with Crippen molar-refractivity contribution >= 4 is 5.69 Å². The lowest BCUT2D eigenvalue weighted by molar-refractivity contribution is -0.209. The molecule has 5 atom stereocenters. The first-order chi connectivity index (χ1) is 13.1. The van der Waals surface area contributed by atoms with Crippen LogP contribution in [0.5, 0.6) is 5.75 Å². The molecular formula is C22H26N2O3. The number of benzene rings is 1. The molecule has 2 N–H and O–H groups in total. The van der Waals surface area contributed by atoms with Gasteiger partial charge in [-0.25, -0.2) is 4.85 Å². The maximum Gasteiger partial charge on any atom is 0.228 e. The van der Waals surface area contributed by atoms with Gasteiger partial charge in [0.05, 0.1) is 23.7 Å². The predicted molar refractivity (Wildman–Crippen MR) is 100 cm³/mol. The lowest BCUT2D eigenvalue weighted by atomic mass is 9.48. The van der Waals surface area contributed by atoms with E-state index in [0.29, 0.717) is 24.3 Å². The molecule has 1 unspecified atom stereocenters. The summed E-state index contributed by atoms with van der Waals surface area (Å²) in [5.41, 5.74) is 1.33. The summed E-state index contributed by atoms with van der Waals surface area (Å²) in [6.45, 7) is 9.56. The smallest absolute Gasteiger partial charge is 0.228 e. The second kappa shape index (κ2) is 5.26. The molecule has 2 saturated carbocycles. The van der Waals surface area contributed by atoms with Crippen molar-refractivity contribution in [2.75, 3.05) is 13.1 Å². The molecule has 2 aliphatic heterocycles. The Morgan fingerprint density at radius 1 is 1.26 bits per heavy atom. The number of rotatable bonds is 2. The number of aliphatic hydroxyl groups is 2. The van der Waals surface area contributed by atoms with E-state index < -0.39 is 23.2 Å². The van der Waals surface area contributed by atoms with Crippen molar-refractivity contribution in [3.8, 4) is 5.75 Å². The number of hydrogen-bond acceptors (Lipinski definition) is 4. The molecule has 5 heteroatoms. The minimum absolute atomic E-state index is 0.0858. The highest BCUT2D eigenvalue weighted by Gasteiger charge is 2.72. The van der Waals surface area contributed by atoms with Crippen LogP contribution in [-0.2, 0) is 11.8 Å². The fraction of sp³-hybridized carbons (Fsp3) is 0.682. The van der Waals surface area contributed by atoms with E-state index in [2.05, 4.69) is 15.8 Å². The van der Waals surface area contributed by atoms with Crippen LogP contribution in [0.15, 0.2) is 12.1 Å². The SMILES string of the molecule is [C-]#[N+]c1ccc2c3c1OC1[C@@H](O)CC[C@@]4(O)[C@@H](C2)N(CC2CCC2)CC[C@]314. The molecule has 142 valence electrons.